The predicted molar refractivity (Wildman–Crippen MR) is 80.4 cm³/mol. The Labute approximate surface area is 129 Å². The maximum absolute atomic E-state index is 13.2. The Morgan fingerprint density at radius 1 is 1.27 bits per heavy atom. The van der Waals surface area contributed by atoms with E-state index in [2.05, 4.69) is 5.32 Å². The van der Waals surface area contributed by atoms with Gasteiger partial charge in [0, 0.05) is 19.0 Å². The lowest BCUT2D eigenvalue weighted by Crippen LogP contribution is -2.41. The molecule has 0 saturated carbocycles. The van der Waals surface area contributed by atoms with Crippen molar-refractivity contribution in [2.45, 2.75) is 50.7 Å². The van der Waals surface area contributed by atoms with Crippen LogP contribution in [0.1, 0.15) is 44.1 Å². The molecule has 0 aromatic heterocycles. The molecule has 0 aliphatic rings. The monoisotopic (exact) mass is 316 g/mol. The van der Waals surface area contributed by atoms with Gasteiger partial charge in [-0.25, -0.2) is 0 Å². The highest BCUT2D eigenvalue weighted by Crippen LogP contribution is 2.37. The van der Waals surface area contributed by atoms with Gasteiger partial charge in [-0.3, -0.25) is 4.79 Å². The fraction of sp³-hybridized carbons (Fsp3) is 0.562. The third-order valence-electron chi connectivity index (χ3n) is 3.54. The molecular weight excluding hydrogens is 293 g/mol. The van der Waals surface area contributed by atoms with E-state index in [1.807, 2.05) is 6.92 Å². The van der Waals surface area contributed by atoms with E-state index >= 15 is 0 Å². The average Bonchev–Trinajstić information content (AvgIpc) is 2.48. The molecule has 2 unspecified atom stereocenters. The molecule has 0 heterocycles. The highest BCUT2D eigenvalue weighted by atomic mass is 19.4. The number of benzene rings is 1. The van der Waals surface area contributed by atoms with E-state index in [-0.39, 0.29) is 18.2 Å². The standard InChI is InChI=1S/C16H23F3N2O/c1-2-3-9-13(11-20)21-15(22)10-14(16(17,18)19)12-7-5-4-6-8-12/h4-8,13-14H,2-3,9-11,20H2,1H3,(H,21,22). The smallest absolute Gasteiger partial charge is 0.352 e. The Bertz CT molecular complexity index is 448. The van der Waals surface area contributed by atoms with Crippen LogP contribution in [0.15, 0.2) is 30.3 Å². The summed E-state index contributed by atoms with van der Waals surface area (Å²) < 4.78 is 39.6. The van der Waals surface area contributed by atoms with Gasteiger partial charge in [0.25, 0.3) is 0 Å². The second kappa shape index (κ2) is 8.78. The van der Waals surface area contributed by atoms with Crippen molar-refractivity contribution in [1.29, 1.82) is 0 Å². The zero-order chi connectivity index (χ0) is 16.6. The number of hydrogen-bond acceptors (Lipinski definition) is 2. The second-order valence-electron chi connectivity index (χ2n) is 5.35. The summed E-state index contributed by atoms with van der Waals surface area (Å²) in [6.45, 7) is 2.23. The zero-order valence-electron chi connectivity index (χ0n) is 12.7. The Hall–Kier alpha value is -1.56. The Balaban J connectivity index is 2.72. The molecular formula is C16H23F3N2O. The van der Waals surface area contributed by atoms with Crippen molar-refractivity contribution in [1.82, 2.24) is 5.32 Å². The van der Waals surface area contributed by atoms with Gasteiger partial charge in [-0.2, -0.15) is 13.2 Å². The summed E-state index contributed by atoms with van der Waals surface area (Å²) in [5, 5.41) is 2.61. The van der Waals surface area contributed by atoms with Crippen LogP contribution < -0.4 is 11.1 Å². The molecule has 1 aromatic rings. The van der Waals surface area contributed by atoms with Gasteiger partial charge in [0.05, 0.1) is 5.92 Å². The Kier molecular flexibility index (Phi) is 7.38. The summed E-state index contributed by atoms with van der Waals surface area (Å²) in [6, 6.07) is 7.24. The minimum Gasteiger partial charge on any atom is -0.352 e. The molecule has 1 rings (SSSR count). The van der Waals surface area contributed by atoms with Gasteiger partial charge in [-0.1, -0.05) is 50.1 Å². The number of halogens is 3. The fourth-order valence-corrected chi connectivity index (χ4v) is 2.28. The van der Waals surface area contributed by atoms with Crippen LogP contribution in [0.25, 0.3) is 0 Å². The molecule has 0 aliphatic carbocycles. The van der Waals surface area contributed by atoms with Crippen LogP contribution in [0.5, 0.6) is 0 Å². The number of rotatable bonds is 8. The van der Waals surface area contributed by atoms with Gasteiger partial charge < -0.3 is 11.1 Å². The number of carbonyl (C=O) groups is 1. The summed E-state index contributed by atoms with van der Waals surface area (Å²) in [6.07, 6.45) is -2.57. The number of unbranched alkanes of at least 4 members (excludes halogenated alkanes) is 1. The molecule has 0 saturated heterocycles. The van der Waals surface area contributed by atoms with Crippen LogP contribution in [0, 0.1) is 0 Å². The van der Waals surface area contributed by atoms with Crippen molar-refractivity contribution < 1.29 is 18.0 Å². The third-order valence-corrected chi connectivity index (χ3v) is 3.54. The van der Waals surface area contributed by atoms with Crippen LogP contribution in [0.4, 0.5) is 13.2 Å². The minimum atomic E-state index is -4.46. The zero-order valence-corrected chi connectivity index (χ0v) is 12.7. The molecule has 22 heavy (non-hydrogen) atoms. The lowest BCUT2D eigenvalue weighted by molar-refractivity contribution is -0.157. The summed E-state index contributed by atoms with van der Waals surface area (Å²) >= 11 is 0. The quantitative estimate of drug-likeness (QED) is 0.773. The highest BCUT2D eigenvalue weighted by Gasteiger charge is 2.41. The summed E-state index contributed by atoms with van der Waals surface area (Å²) in [4.78, 5) is 11.9. The van der Waals surface area contributed by atoms with Crippen molar-refractivity contribution in [2.75, 3.05) is 6.54 Å². The van der Waals surface area contributed by atoms with Crippen molar-refractivity contribution >= 4 is 5.91 Å². The maximum Gasteiger partial charge on any atom is 0.396 e. The molecule has 3 nitrogen and oxygen atoms in total. The van der Waals surface area contributed by atoms with Gasteiger partial charge in [0.1, 0.15) is 0 Å². The number of alkyl halides is 3. The SMILES string of the molecule is CCCCC(CN)NC(=O)CC(c1ccccc1)C(F)(F)F. The molecule has 0 fully saturated rings. The second-order valence-corrected chi connectivity index (χ2v) is 5.35. The van der Waals surface area contributed by atoms with E-state index < -0.39 is 24.4 Å². The summed E-state index contributed by atoms with van der Waals surface area (Å²) in [5.74, 6) is -2.41. The number of carbonyl (C=O) groups excluding carboxylic acids is 1. The van der Waals surface area contributed by atoms with Gasteiger partial charge >= 0.3 is 6.18 Å². The molecule has 1 amide bonds. The topological polar surface area (TPSA) is 55.1 Å². The van der Waals surface area contributed by atoms with Crippen LogP contribution in [-0.4, -0.2) is 24.7 Å². The van der Waals surface area contributed by atoms with Gasteiger partial charge in [-0.15, -0.1) is 0 Å². The fourth-order valence-electron chi connectivity index (χ4n) is 2.28. The first kappa shape index (κ1) is 18.5. The number of hydrogen-bond donors (Lipinski definition) is 2. The Morgan fingerprint density at radius 2 is 1.91 bits per heavy atom. The summed E-state index contributed by atoms with van der Waals surface area (Å²) in [5.41, 5.74) is 5.65. The van der Waals surface area contributed by atoms with E-state index in [4.69, 9.17) is 5.73 Å². The molecule has 6 heteroatoms. The van der Waals surface area contributed by atoms with Crippen LogP contribution >= 0.6 is 0 Å². The van der Waals surface area contributed by atoms with Crippen molar-refractivity contribution in [2.24, 2.45) is 5.73 Å². The molecule has 2 atom stereocenters. The van der Waals surface area contributed by atoms with Crippen molar-refractivity contribution in [3.8, 4) is 0 Å². The van der Waals surface area contributed by atoms with E-state index in [0.29, 0.717) is 6.42 Å². The number of amides is 1. The van der Waals surface area contributed by atoms with E-state index in [0.717, 1.165) is 12.8 Å². The number of nitrogens with one attached hydrogen (secondary N) is 1. The van der Waals surface area contributed by atoms with Gasteiger partial charge in [0.2, 0.25) is 5.91 Å². The molecule has 0 bridgehead atoms. The van der Waals surface area contributed by atoms with E-state index in [1.54, 1.807) is 6.07 Å². The molecule has 0 aliphatic heterocycles. The maximum atomic E-state index is 13.2. The van der Waals surface area contributed by atoms with E-state index in [1.165, 1.54) is 24.3 Å². The average molecular weight is 316 g/mol. The summed E-state index contributed by atoms with van der Waals surface area (Å²) in [7, 11) is 0. The predicted octanol–water partition coefficient (Wildman–Crippen LogP) is 3.36. The number of nitrogens with two attached hydrogens (primary N) is 1. The molecule has 1 aromatic carbocycles. The highest BCUT2D eigenvalue weighted by molar-refractivity contribution is 5.77. The van der Waals surface area contributed by atoms with Crippen molar-refractivity contribution in [3.05, 3.63) is 35.9 Å². The van der Waals surface area contributed by atoms with Gasteiger partial charge in [0.15, 0.2) is 0 Å². The Morgan fingerprint density at radius 3 is 2.41 bits per heavy atom. The molecule has 0 radical (unpaired) electrons. The largest absolute Gasteiger partial charge is 0.396 e. The van der Waals surface area contributed by atoms with Crippen LogP contribution in [-0.2, 0) is 4.79 Å². The molecule has 0 spiro atoms. The molecule has 3 N–H and O–H groups in total. The van der Waals surface area contributed by atoms with Gasteiger partial charge in [-0.05, 0) is 12.0 Å². The van der Waals surface area contributed by atoms with Crippen LogP contribution in [0.2, 0.25) is 0 Å². The lowest BCUT2D eigenvalue weighted by Gasteiger charge is -2.22. The lowest BCUT2D eigenvalue weighted by atomic mass is 9.94. The third kappa shape index (κ3) is 6.05. The van der Waals surface area contributed by atoms with Crippen LogP contribution in [0.3, 0.4) is 0 Å². The first-order valence-electron chi connectivity index (χ1n) is 7.49. The molecule has 124 valence electrons. The normalized spacial score (nSPS) is 14.4. The van der Waals surface area contributed by atoms with Crippen molar-refractivity contribution in [3.63, 3.8) is 0 Å². The first-order valence-corrected chi connectivity index (χ1v) is 7.49. The first-order chi connectivity index (χ1) is 10.4. The minimum absolute atomic E-state index is 0.100. The van der Waals surface area contributed by atoms with E-state index in [9.17, 15) is 18.0 Å².